The molecule has 1 unspecified atom stereocenters. The quantitative estimate of drug-likeness (QED) is 0.903. The number of benzene rings is 1. The number of hydrogen-bond donors (Lipinski definition) is 1. The van der Waals surface area contributed by atoms with Gasteiger partial charge in [-0.2, -0.15) is 0 Å². The molecule has 0 amide bonds. The predicted octanol–water partition coefficient (Wildman–Crippen LogP) is 2.19. The molecule has 104 valence electrons. The second kappa shape index (κ2) is 6.06. The number of piperidine rings is 1. The van der Waals surface area contributed by atoms with Crippen LogP contribution in [-0.4, -0.2) is 42.7 Å². The van der Waals surface area contributed by atoms with E-state index >= 15 is 0 Å². The third-order valence-electron chi connectivity index (χ3n) is 3.75. The van der Waals surface area contributed by atoms with Crippen molar-refractivity contribution in [3.05, 3.63) is 29.8 Å². The molecule has 1 atom stereocenters. The highest BCUT2D eigenvalue weighted by atomic mass is 16.4. The highest BCUT2D eigenvalue weighted by Crippen LogP contribution is 2.24. The van der Waals surface area contributed by atoms with Gasteiger partial charge in [-0.1, -0.05) is 24.6 Å². The first-order valence-electron chi connectivity index (χ1n) is 6.81. The van der Waals surface area contributed by atoms with Crippen molar-refractivity contribution in [2.24, 2.45) is 0 Å². The Labute approximate surface area is 114 Å². The molecule has 4 nitrogen and oxygen atoms in total. The largest absolute Gasteiger partial charge is 0.480 e. The van der Waals surface area contributed by atoms with Gasteiger partial charge in [0, 0.05) is 26.3 Å². The zero-order valence-electron chi connectivity index (χ0n) is 11.7. The van der Waals surface area contributed by atoms with E-state index in [1.807, 2.05) is 26.2 Å². The van der Waals surface area contributed by atoms with E-state index in [4.69, 9.17) is 0 Å². The number of nitrogens with zero attached hydrogens (tertiary/aromatic N) is 2. The number of carboxylic acids is 1. The van der Waals surface area contributed by atoms with Gasteiger partial charge in [0.05, 0.1) is 0 Å². The summed E-state index contributed by atoms with van der Waals surface area (Å²) in [7, 11) is 4.04. The first-order chi connectivity index (χ1) is 9.09. The average molecular weight is 262 g/mol. The lowest BCUT2D eigenvalue weighted by Crippen LogP contribution is -2.44. The summed E-state index contributed by atoms with van der Waals surface area (Å²) in [5, 5.41) is 9.31. The number of likely N-dealkylation sites (tertiary alicyclic amines) is 1. The maximum Gasteiger partial charge on any atom is 0.320 e. The Hall–Kier alpha value is -1.55. The van der Waals surface area contributed by atoms with Gasteiger partial charge in [0.15, 0.2) is 0 Å². The van der Waals surface area contributed by atoms with E-state index < -0.39 is 5.97 Å². The summed E-state index contributed by atoms with van der Waals surface area (Å²) in [6.45, 7) is 1.59. The van der Waals surface area contributed by atoms with Crippen LogP contribution < -0.4 is 4.90 Å². The van der Waals surface area contributed by atoms with Crippen molar-refractivity contribution in [3.63, 3.8) is 0 Å². The van der Waals surface area contributed by atoms with Gasteiger partial charge in [-0.05, 0) is 31.0 Å². The zero-order valence-corrected chi connectivity index (χ0v) is 11.7. The third-order valence-corrected chi connectivity index (χ3v) is 3.75. The van der Waals surface area contributed by atoms with E-state index in [-0.39, 0.29) is 6.04 Å². The Morgan fingerprint density at radius 1 is 1.37 bits per heavy atom. The van der Waals surface area contributed by atoms with Crippen molar-refractivity contribution in [1.29, 1.82) is 0 Å². The molecular weight excluding hydrogens is 240 g/mol. The molecule has 1 aromatic carbocycles. The molecule has 1 N–H and O–H groups in total. The molecule has 1 fully saturated rings. The van der Waals surface area contributed by atoms with Gasteiger partial charge in [-0.15, -0.1) is 0 Å². The van der Waals surface area contributed by atoms with Crippen LogP contribution in [0.15, 0.2) is 24.3 Å². The Balaban J connectivity index is 2.17. The molecular formula is C15H22N2O2. The first kappa shape index (κ1) is 13.9. The minimum Gasteiger partial charge on any atom is -0.480 e. The van der Waals surface area contributed by atoms with Crippen LogP contribution in [-0.2, 0) is 11.3 Å². The number of carbonyl (C=O) groups is 1. The molecule has 0 spiro atoms. The number of aliphatic carboxylic acids is 1. The molecule has 1 aliphatic rings. The van der Waals surface area contributed by atoms with Crippen LogP contribution in [0.3, 0.4) is 0 Å². The first-order valence-corrected chi connectivity index (χ1v) is 6.81. The van der Waals surface area contributed by atoms with Gasteiger partial charge in [0.2, 0.25) is 0 Å². The third kappa shape index (κ3) is 3.26. The van der Waals surface area contributed by atoms with Crippen LogP contribution in [0.2, 0.25) is 0 Å². The second-order valence-electron chi connectivity index (χ2n) is 5.34. The average Bonchev–Trinajstić information content (AvgIpc) is 2.39. The Morgan fingerprint density at radius 2 is 2.11 bits per heavy atom. The van der Waals surface area contributed by atoms with E-state index in [1.54, 1.807) is 0 Å². The van der Waals surface area contributed by atoms with Crippen LogP contribution >= 0.6 is 0 Å². The maximum absolute atomic E-state index is 11.3. The molecule has 2 rings (SSSR count). The molecule has 0 radical (unpaired) electrons. The molecule has 4 heteroatoms. The Morgan fingerprint density at radius 3 is 2.79 bits per heavy atom. The molecule has 1 aromatic rings. The fourth-order valence-electron chi connectivity index (χ4n) is 2.76. The molecule has 1 saturated heterocycles. The summed E-state index contributed by atoms with van der Waals surface area (Å²) in [4.78, 5) is 15.5. The van der Waals surface area contributed by atoms with E-state index in [0.29, 0.717) is 6.54 Å². The van der Waals surface area contributed by atoms with Crippen molar-refractivity contribution in [2.45, 2.75) is 31.8 Å². The van der Waals surface area contributed by atoms with E-state index in [9.17, 15) is 9.90 Å². The summed E-state index contributed by atoms with van der Waals surface area (Å²) < 4.78 is 0. The summed E-state index contributed by atoms with van der Waals surface area (Å²) in [5.74, 6) is -0.693. The topological polar surface area (TPSA) is 43.8 Å². The SMILES string of the molecule is CN(C)c1ccccc1CN1CCCCC1C(=O)O. The Bertz CT molecular complexity index is 446. The summed E-state index contributed by atoms with van der Waals surface area (Å²) in [6, 6.07) is 7.87. The van der Waals surface area contributed by atoms with Crippen LogP contribution in [0, 0.1) is 0 Å². The van der Waals surface area contributed by atoms with E-state index in [0.717, 1.165) is 31.5 Å². The summed E-state index contributed by atoms with van der Waals surface area (Å²) in [5.41, 5.74) is 2.36. The highest BCUT2D eigenvalue weighted by Gasteiger charge is 2.28. The van der Waals surface area contributed by atoms with Gasteiger partial charge >= 0.3 is 5.97 Å². The number of anilines is 1. The molecule has 0 saturated carbocycles. The van der Waals surface area contributed by atoms with Crippen molar-refractivity contribution in [1.82, 2.24) is 4.90 Å². The van der Waals surface area contributed by atoms with Crippen molar-refractivity contribution < 1.29 is 9.90 Å². The number of para-hydroxylation sites is 1. The van der Waals surface area contributed by atoms with Gasteiger partial charge in [-0.25, -0.2) is 0 Å². The summed E-state index contributed by atoms with van der Waals surface area (Å²) >= 11 is 0. The van der Waals surface area contributed by atoms with Crippen LogP contribution in [0.25, 0.3) is 0 Å². The highest BCUT2D eigenvalue weighted by molar-refractivity contribution is 5.73. The van der Waals surface area contributed by atoms with Crippen molar-refractivity contribution in [3.8, 4) is 0 Å². The number of rotatable bonds is 4. The van der Waals surface area contributed by atoms with Crippen LogP contribution in [0.1, 0.15) is 24.8 Å². The number of hydrogen-bond acceptors (Lipinski definition) is 3. The van der Waals surface area contributed by atoms with Crippen molar-refractivity contribution in [2.75, 3.05) is 25.5 Å². The lowest BCUT2D eigenvalue weighted by molar-refractivity contribution is -0.144. The minimum absolute atomic E-state index is 0.330. The normalized spacial score (nSPS) is 20.2. The Kier molecular flexibility index (Phi) is 4.43. The smallest absolute Gasteiger partial charge is 0.320 e. The van der Waals surface area contributed by atoms with Crippen molar-refractivity contribution >= 4 is 11.7 Å². The molecule has 1 heterocycles. The molecule has 1 aliphatic heterocycles. The van der Waals surface area contributed by atoms with Gasteiger partial charge in [0.1, 0.15) is 6.04 Å². The zero-order chi connectivity index (χ0) is 13.8. The molecule has 19 heavy (non-hydrogen) atoms. The van der Waals surface area contributed by atoms with Gasteiger partial charge in [-0.3, -0.25) is 9.69 Å². The maximum atomic E-state index is 11.3. The number of carboxylic acid groups (broad SMARTS) is 1. The minimum atomic E-state index is -0.693. The molecule has 0 aliphatic carbocycles. The van der Waals surface area contributed by atoms with Gasteiger partial charge < -0.3 is 10.0 Å². The lowest BCUT2D eigenvalue weighted by atomic mass is 10.0. The van der Waals surface area contributed by atoms with E-state index in [2.05, 4.69) is 21.9 Å². The fourth-order valence-corrected chi connectivity index (χ4v) is 2.76. The summed E-state index contributed by atoms with van der Waals surface area (Å²) in [6.07, 6.45) is 2.87. The molecule has 0 bridgehead atoms. The van der Waals surface area contributed by atoms with Gasteiger partial charge in [0.25, 0.3) is 0 Å². The monoisotopic (exact) mass is 262 g/mol. The lowest BCUT2D eigenvalue weighted by Gasteiger charge is -2.33. The standard InChI is InChI=1S/C15H22N2O2/c1-16(2)13-8-4-3-7-12(13)11-17-10-6-5-9-14(17)15(18)19/h3-4,7-8,14H,5-6,9-11H2,1-2H3,(H,18,19). The van der Waals surface area contributed by atoms with Crippen LogP contribution in [0.4, 0.5) is 5.69 Å². The second-order valence-corrected chi connectivity index (χ2v) is 5.34. The van der Waals surface area contributed by atoms with Crippen LogP contribution in [0.5, 0.6) is 0 Å². The molecule has 0 aromatic heterocycles. The van der Waals surface area contributed by atoms with E-state index in [1.165, 1.54) is 5.56 Å². The fraction of sp³-hybridized carbons (Fsp3) is 0.533. The predicted molar refractivity (Wildman–Crippen MR) is 76.5 cm³/mol.